The van der Waals surface area contributed by atoms with Gasteiger partial charge < -0.3 is 19.9 Å². The lowest BCUT2D eigenvalue weighted by Crippen LogP contribution is -2.45. The lowest BCUT2D eigenvalue weighted by Gasteiger charge is -2.20. The summed E-state index contributed by atoms with van der Waals surface area (Å²) in [6.45, 7) is 3.31. The lowest BCUT2D eigenvalue weighted by atomic mass is 10.1. The van der Waals surface area contributed by atoms with Crippen molar-refractivity contribution < 1.29 is 28.6 Å². The Morgan fingerprint density at radius 3 is 2.25 bits per heavy atom. The average Bonchev–Trinajstić information content (AvgIpc) is 2.50. The molecule has 0 saturated carbocycles. The van der Waals surface area contributed by atoms with Gasteiger partial charge in [-0.1, -0.05) is 25.4 Å². The molecule has 0 saturated heterocycles. The van der Waals surface area contributed by atoms with Crippen LogP contribution in [-0.2, 0) is 9.53 Å². The number of ether oxygens (including phenoxy) is 3. The zero-order valence-corrected chi connectivity index (χ0v) is 14.5. The lowest BCUT2D eigenvalue weighted by molar-refractivity contribution is -0.130. The number of esters is 1. The molecule has 0 radical (unpaired) electrons. The molecule has 0 aliphatic rings. The maximum Gasteiger partial charge on any atom is 0.339 e. The maximum absolute atomic E-state index is 12.3. The molecule has 9 heteroatoms. The SMILES string of the molecule is COc1cc(C(=O)OC(C(=O)NC(N)=O)C(C)C)cc(Cl)c1OC. The third kappa shape index (κ3) is 4.76. The van der Waals surface area contributed by atoms with Crippen LogP contribution >= 0.6 is 11.6 Å². The number of primary amides is 1. The zero-order chi connectivity index (χ0) is 18.4. The van der Waals surface area contributed by atoms with Crippen molar-refractivity contribution in [2.24, 2.45) is 11.7 Å². The number of urea groups is 1. The van der Waals surface area contributed by atoms with Crippen molar-refractivity contribution in [3.8, 4) is 11.5 Å². The zero-order valence-electron chi connectivity index (χ0n) is 13.7. The van der Waals surface area contributed by atoms with Gasteiger partial charge in [-0.15, -0.1) is 0 Å². The minimum atomic E-state index is -1.20. The molecule has 0 heterocycles. The van der Waals surface area contributed by atoms with E-state index in [-0.39, 0.29) is 28.0 Å². The van der Waals surface area contributed by atoms with Crippen molar-refractivity contribution >= 4 is 29.5 Å². The fourth-order valence-corrected chi connectivity index (χ4v) is 2.19. The summed E-state index contributed by atoms with van der Waals surface area (Å²) >= 11 is 6.03. The van der Waals surface area contributed by atoms with Crippen LogP contribution in [0.5, 0.6) is 11.5 Å². The van der Waals surface area contributed by atoms with Crippen molar-refractivity contribution in [3.05, 3.63) is 22.7 Å². The van der Waals surface area contributed by atoms with Crippen LogP contribution in [0.2, 0.25) is 5.02 Å². The third-order valence-corrected chi connectivity index (χ3v) is 3.29. The van der Waals surface area contributed by atoms with Crippen molar-refractivity contribution in [1.29, 1.82) is 0 Å². The molecule has 0 aromatic heterocycles. The normalized spacial score (nSPS) is 11.6. The molecule has 1 unspecified atom stereocenters. The van der Waals surface area contributed by atoms with Crippen LogP contribution in [-0.4, -0.2) is 38.2 Å². The number of nitrogens with one attached hydrogen (secondary N) is 1. The highest BCUT2D eigenvalue weighted by molar-refractivity contribution is 6.32. The molecule has 3 amide bonds. The first-order valence-corrected chi connectivity index (χ1v) is 7.31. The fourth-order valence-electron chi connectivity index (χ4n) is 1.90. The van der Waals surface area contributed by atoms with E-state index in [1.54, 1.807) is 13.8 Å². The van der Waals surface area contributed by atoms with Crippen LogP contribution in [0.4, 0.5) is 4.79 Å². The summed E-state index contributed by atoms with van der Waals surface area (Å²) in [5.74, 6) is -1.50. The number of hydrogen-bond acceptors (Lipinski definition) is 6. The van der Waals surface area contributed by atoms with Crippen LogP contribution in [0.3, 0.4) is 0 Å². The number of benzene rings is 1. The Kier molecular flexibility index (Phi) is 6.84. The Balaban J connectivity index is 3.06. The predicted octanol–water partition coefficient (Wildman–Crippen LogP) is 1.73. The summed E-state index contributed by atoms with van der Waals surface area (Å²) in [5.41, 5.74) is 4.97. The molecule has 132 valence electrons. The van der Waals surface area contributed by atoms with E-state index < -0.39 is 24.0 Å². The van der Waals surface area contributed by atoms with Gasteiger partial charge in [0.15, 0.2) is 17.6 Å². The van der Waals surface area contributed by atoms with E-state index in [0.29, 0.717) is 0 Å². The highest BCUT2D eigenvalue weighted by Crippen LogP contribution is 2.36. The van der Waals surface area contributed by atoms with Gasteiger partial charge in [0, 0.05) is 0 Å². The Hall–Kier alpha value is -2.48. The quantitative estimate of drug-likeness (QED) is 0.748. The Labute approximate surface area is 144 Å². The van der Waals surface area contributed by atoms with Crippen molar-refractivity contribution in [1.82, 2.24) is 5.32 Å². The average molecular weight is 359 g/mol. The Bertz CT molecular complexity index is 647. The summed E-state index contributed by atoms with van der Waals surface area (Å²) in [6, 6.07) is 1.67. The number of nitrogens with two attached hydrogens (primary N) is 1. The van der Waals surface area contributed by atoms with Crippen LogP contribution in [0, 0.1) is 5.92 Å². The molecule has 1 atom stereocenters. The number of carbonyl (C=O) groups is 3. The van der Waals surface area contributed by atoms with E-state index in [2.05, 4.69) is 0 Å². The van der Waals surface area contributed by atoms with Gasteiger partial charge in [0.2, 0.25) is 0 Å². The Morgan fingerprint density at radius 1 is 1.17 bits per heavy atom. The largest absolute Gasteiger partial charge is 0.493 e. The van der Waals surface area contributed by atoms with Gasteiger partial charge in [-0.05, 0) is 18.1 Å². The summed E-state index contributed by atoms with van der Waals surface area (Å²) in [6.07, 6.45) is -1.20. The smallest absolute Gasteiger partial charge is 0.339 e. The predicted molar refractivity (Wildman–Crippen MR) is 86.3 cm³/mol. The van der Waals surface area contributed by atoms with Gasteiger partial charge in [-0.3, -0.25) is 10.1 Å². The molecule has 0 fully saturated rings. The molecule has 0 bridgehead atoms. The third-order valence-electron chi connectivity index (χ3n) is 3.01. The first-order valence-electron chi connectivity index (χ1n) is 6.94. The first-order chi connectivity index (χ1) is 11.2. The van der Waals surface area contributed by atoms with Crippen LogP contribution in [0.25, 0.3) is 0 Å². The number of hydrogen-bond donors (Lipinski definition) is 2. The van der Waals surface area contributed by atoms with E-state index in [0.717, 1.165) is 0 Å². The number of carbonyl (C=O) groups excluding carboxylic acids is 3. The summed E-state index contributed by atoms with van der Waals surface area (Å²) in [7, 11) is 2.80. The standard InChI is InChI=1S/C15H19ClN2O6/c1-7(2)11(13(19)18-15(17)21)24-14(20)8-5-9(16)12(23-4)10(6-8)22-3/h5-7,11H,1-4H3,(H3,17,18,19,21). The van der Waals surface area contributed by atoms with E-state index in [9.17, 15) is 14.4 Å². The van der Waals surface area contributed by atoms with Crippen molar-refractivity contribution in [2.45, 2.75) is 20.0 Å². The highest BCUT2D eigenvalue weighted by Gasteiger charge is 2.28. The summed E-state index contributed by atoms with van der Waals surface area (Å²) in [5, 5.41) is 2.03. The van der Waals surface area contributed by atoms with Crippen LogP contribution in [0.15, 0.2) is 12.1 Å². The minimum Gasteiger partial charge on any atom is -0.493 e. The molecule has 0 spiro atoms. The maximum atomic E-state index is 12.3. The summed E-state index contributed by atoms with van der Waals surface area (Å²) < 4.78 is 15.4. The number of imide groups is 1. The Morgan fingerprint density at radius 2 is 1.79 bits per heavy atom. The molecular weight excluding hydrogens is 340 g/mol. The van der Waals surface area contributed by atoms with Gasteiger partial charge in [0.25, 0.3) is 5.91 Å². The molecule has 24 heavy (non-hydrogen) atoms. The second-order valence-corrected chi connectivity index (χ2v) is 5.52. The molecule has 8 nitrogen and oxygen atoms in total. The number of methoxy groups -OCH3 is 2. The second kappa shape index (κ2) is 8.39. The number of amides is 3. The summed E-state index contributed by atoms with van der Waals surface area (Å²) in [4.78, 5) is 35.0. The van der Waals surface area contributed by atoms with Crippen molar-refractivity contribution in [3.63, 3.8) is 0 Å². The van der Waals surface area contributed by atoms with Gasteiger partial charge in [-0.25, -0.2) is 9.59 Å². The molecule has 0 aliphatic carbocycles. The van der Waals surface area contributed by atoms with Crippen LogP contribution in [0.1, 0.15) is 24.2 Å². The van der Waals surface area contributed by atoms with E-state index in [1.807, 2.05) is 5.32 Å². The molecule has 0 aliphatic heterocycles. The molecule has 1 aromatic carbocycles. The molecule has 3 N–H and O–H groups in total. The highest BCUT2D eigenvalue weighted by atomic mass is 35.5. The van der Waals surface area contributed by atoms with E-state index in [4.69, 9.17) is 31.5 Å². The van der Waals surface area contributed by atoms with E-state index in [1.165, 1.54) is 26.4 Å². The second-order valence-electron chi connectivity index (χ2n) is 5.12. The van der Waals surface area contributed by atoms with Crippen molar-refractivity contribution in [2.75, 3.05) is 14.2 Å². The van der Waals surface area contributed by atoms with E-state index >= 15 is 0 Å². The van der Waals surface area contributed by atoms with Gasteiger partial charge in [-0.2, -0.15) is 0 Å². The van der Waals surface area contributed by atoms with Gasteiger partial charge >= 0.3 is 12.0 Å². The molecular formula is C15H19ClN2O6. The van der Waals surface area contributed by atoms with Gasteiger partial charge in [0.1, 0.15) is 0 Å². The van der Waals surface area contributed by atoms with Gasteiger partial charge in [0.05, 0.1) is 24.8 Å². The topological polar surface area (TPSA) is 117 Å². The fraction of sp³-hybridized carbons (Fsp3) is 0.400. The first kappa shape index (κ1) is 19.6. The number of halogens is 1. The molecule has 1 aromatic rings. The number of rotatable bonds is 6. The minimum absolute atomic E-state index is 0.0650. The molecule has 1 rings (SSSR count). The van der Waals surface area contributed by atoms with Crippen LogP contribution < -0.4 is 20.5 Å². The monoisotopic (exact) mass is 358 g/mol.